The SMILES string of the molecule is CNC(CO)CO.[HH]. The summed E-state index contributed by atoms with van der Waals surface area (Å²) in [5, 5.41) is 19.3. The molecular formula is C4H13NO2. The zero-order chi connectivity index (χ0) is 5.70. The van der Waals surface area contributed by atoms with Crippen molar-refractivity contribution in [3.05, 3.63) is 0 Å². The van der Waals surface area contributed by atoms with Crippen LogP contribution in [0, 0.1) is 0 Å². The van der Waals surface area contributed by atoms with Gasteiger partial charge in [-0.1, -0.05) is 0 Å². The first-order valence-corrected chi connectivity index (χ1v) is 2.24. The first-order valence-electron chi connectivity index (χ1n) is 2.24. The lowest BCUT2D eigenvalue weighted by molar-refractivity contribution is 0.177. The van der Waals surface area contributed by atoms with Crippen LogP contribution in [0.5, 0.6) is 0 Å². The van der Waals surface area contributed by atoms with Crippen molar-refractivity contribution in [2.45, 2.75) is 6.04 Å². The van der Waals surface area contributed by atoms with E-state index < -0.39 is 0 Å². The van der Waals surface area contributed by atoms with Crippen molar-refractivity contribution >= 4 is 0 Å². The van der Waals surface area contributed by atoms with E-state index in [1.54, 1.807) is 7.05 Å². The molecule has 0 aromatic rings. The molecule has 0 aromatic heterocycles. The Balaban J connectivity index is 0. The van der Waals surface area contributed by atoms with Crippen LogP contribution in [-0.4, -0.2) is 36.5 Å². The minimum Gasteiger partial charge on any atom is -0.395 e. The molecule has 0 aliphatic carbocycles. The van der Waals surface area contributed by atoms with Crippen LogP contribution in [0.25, 0.3) is 0 Å². The molecule has 0 rings (SSSR count). The second kappa shape index (κ2) is 4.05. The molecule has 0 saturated carbocycles. The van der Waals surface area contributed by atoms with Gasteiger partial charge in [-0.05, 0) is 7.05 Å². The number of aliphatic hydroxyl groups excluding tert-OH is 2. The van der Waals surface area contributed by atoms with Gasteiger partial charge in [0.05, 0.1) is 19.3 Å². The Morgan fingerprint density at radius 3 is 2.00 bits per heavy atom. The van der Waals surface area contributed by atoms with Crippen LogP contribution >= 0.6 is 0 Å². The smallest absolute Gasteiger partial charge is 0.0607 e. The lowest BCUT2D eigenvalue weighted by Gasteiger charge is -2.06. The molecule has 0 amide bonds. The monoisotopic (exact) mass is 107 g/mol. The number of likely N-dealkylation sites (N-methyl/N-ethyl adjacent to an activating group) is 1. The van der Waals surface area contributed by atoms with Gasteiger partial charge in [-0.15, -0.1) is 0 Å². The van der Waals surface area contributed by atoms with Crippen molar-refractivity contribution < 1.29 is 11.6 Å². The number of aliphatic hydroxyl groups is 2. The van der Waals surface area contributed by atoms with Gasteiger partial charge in [0.1, 0.15) is 0 Å². The Bertz CT molecular complexity index is 35.5. The van der Waals surface area contributed by atoms with Gasteiger partial charge in [0, 0.05) is 1.43 Å². The lowest BCUT2D eigenvalue weighted by Crippen LogP contribution is -2.32. The molecule has 0 radical (unpaired) electrons. The van der Waals surface area contributed by atoms with E-state index in [0.29, 0.717) is 0 Å². The number of hydrogen-bond donors (Lipinski definition) is 3. The molecule has 0 aliphatic rings. The van der Waals surface area contributed by atoms with Crippen LogP contribution in [0.4, 0.5) is 0 Å². The molecule has 0 saturated heterocycles. The van der Waals surface area contributed by atoms with Gasteiger partial charge in [-0.3, -0.25) is 0 Å². The van der Waals surface area contributed by atoms with Gasteiger partial charge in [-0.2, -0.15) is 0 Å². The third-order valence-corrected chi connectivity index (χ3v) is 0.849. The fourth-order valence-electron chi connectivity index (χ4n) is 0.240. The molecule has 0 bridgehead atoms. The van der Waals surface area contributed by atoms with Crippen LogP contribution in [0.1, 0.15) is 1.43 Å². The number of rotatable bonds is 3. The molecule has 3 nitrogen and oxygen atoms in total. The fraction of sp³-hybridized carbons (Fsp3) is 1.00. The number of nitrogens with one attached hydrogen (secondary N) is 1. The quantitative estimate of drug-likeness (QED) is 0.425. The maximum atomic E-state index is 8.30. The van der Waals surface area contributed by atoms with Gasteiger partial charge in [0.2, 0.25) is 0 Å². The minimum absolute atomic E-state index is 0. The zero-order valence-corrected chi connectivity index (χ0v) is 4.39. The van der Waals surface area contributed by atoms with Crippen molar-refractivity contribution in [2.75, 3.05) is 20.3 Å². The summed E-state index contributed by atoms with van der Waals surface area (Å²) in [6.07, 6.45) is 0. The van der Waals surface area contributed by atoms with E-state index in [2.05, 4.69) is 5.32 Å². The summed E-state index contributed by atoms with van der Waals surface area (Å²) in [6, 6.07) is -0.153. The van der Waals surface area contributed by atoms with Crippen molar-refractivity contribution in [1.29, 1.82) is 0 Å². The summed E-state index contributed by atoms with van der Waals surface area (Å²) in [4.78, 5) is 0. The molecule has 46 valence electrons. The highest BCUT2D eigenvalue weighted by Gasteiger charge is 1.97. The topological polar surface area (TPSA) is 52.5 Å². The van der Waals surface area contributed by atoms with Crippen LogP contribution in [0.3, 0.4) is 0 Å². The van der Waals surface area contributed by atoms with Crippen LogP contribution in [-0.2, 0) is 0 Å². The van der Waals surface area contributed by atoms with Crippen LogP contribution in [0.15, 0.2) is 0 Å². The molecule has 0 aliphatic heterocycles. The van der Waals surface area contributed by atoms with Gasteiger partial charge < -0.3 is 15.5 Å². The van der Waals surface area contributed by atoms with E-state index in [-0.39, 0.29) is 20.7 Å². The summed E-state index contributed by atoms with van der Waals surface area (Å²) in [6.45, 7) is -0.0139. The predicted molar refractivity (Wildman–Crippen MR) is 29.1 cm³/mol. The summed E-state index contributed by atoms with van der Waals surface area (Å²) < 4.78 is 0. The minimum atomic E-state index is -0.153. The molecule has 0 unspecified atom stereocenters. The highest BCUT2D eigenvalue weighted by molar-refractivity contribution is 4.57. The second-order valence-corrected chi connectivity index (χ2v) is 1.35. The summed E-state index contributed by atoms with van der Waals surface area (Å²) >= 11 is 0. The van der Waals surface area contributed by atoms with Crippen molar-refractivity contribution in [2.24, 2.45) is 0 Å². The summed E-state index contributed by atoms with van der Waals surface area (Å²) in [7, 11) is 1.69. The van der Waals surface area contributed by atoms with Gasteiger partial charge >= 0.3 is 0 Å². The number of hydrogen-bond acceptors (Lipinski definition) is 3. The average molecular weight is 107 g/mol. The highest BCUT2D eigenvalue weighted by atomic mass is 16.3. The summed E-state index contributed by atoms with van der Waals surface area (Å²) in [5.41, 5.74) is 0. The van der Waals surface area contributed by atoms with Crippen LogP contribution in [0.2, 0.25) is 0 Å². The predicted octanol–water partition coefficient (Wildman–Crippen LogP) is -1.20. The van der Waals surface area contributed by atoms with E-state index in [4.69, 9.17) is 10.2 Å². The Labute approximate surface area is 44.5 Å². The second-order valence-electron chi connectivity index (χ2n) is 1.35. The average Bonchev–Trinajstić information content (AvgIpc) is 1.72. The van der Waals surface area contributed by atoms with Gasteiger partial charge in [0.15, 0.2) is 0 Å². The molecule has 7 heavy (non-hydrogen) atoms. The van der Waals surface area contributed by atoms with Crippen molar-refractivity contribution in [3.8, 4) is 0 Å². The first-order chi connectivity index (χ1) is 3.35. The Hall–Kier alpha value is -0.120. The van der Waals surface area contributed by atoms with E-state index in [1.807, 2.05) is 0 Å². The molecule has 0 atom stereocenters. The summed E-state index contributed by atoms with van der Waals surface area (Å²) in [5.74, 6) is 0. The van der Waals surface area contributed by atoms with E-state index in [9.17, 15) is 0 Å². The molecule has 3 heteroatoms. The van der Waals surface area contributed by atoms with E-state index in [1.165, 1.54) is 0 Å². The molecular weight excluding hydrogens is 94.0 g/mol. The standard InChI is InChI=1S/C4H11NO2.H2/c1-5-4(2-6)3-7;/h4-7H,2-3H2,1H3;1H. The van der Waals surface area contributed by atoms with Crippen LogP contribution < -0.4 is 5.32 Å². The zero-order valence-electron chi connectivity index (χ0n) is 4.39. The Kier molecular flexibility index (Phi) is 3.98. The van der Waals surface area contributed by atoms with E-state index >= 15 is 0 Å². The first kappa shape index (κ1) is 6.88. The third kappa shape index (κ3) is 2.56. The molecule has 0 heterocycles. The molecule has 0 spiro atoms. The maximum Gasteiger partial charge on any atom is 0.0607 e. The highest BCUT2D eigenvalue weighted by Crippen LogP contribution is 1.72. The maximum absolute atomic E-state index is 8.30. The molecule has 0 aromatic carbocycles. The molecule has 0 fully saturated rings. The molecule has 3 N–H and O–H groups in total. The largest absolute Gasteiger partial charge is 0.395 e. The van der Waals surface area contributed by atoms with Gasteiger partial charge in [0.25, 0.3) is 0 Å². The Morgan fingerprint density at radius 2 is 2.00 bits per heavy atom. The lowest BCUT2D eigenvalue weighted by atomic mass is 10.3. The van der Waals surface area contributed by atoms with E-state index in [0.717, 1.165) is 0 Å². The third-order valence-electron chi connectivity index (χ3n) is 0.849. The normalized spacial score (nSPS) is 10.3. The van der Waals surface area contributed by atoms with Crippen molar-refractivity contribution in [1.82, 2.24) is 5.32 Å². The van der Waals surface area contributed by atoms with Crippen molar-refractivity contribution in [3.63, 3.8) is 0 Å². The Morgan fingerprint density at radius 1 is 1.57 bits per heavy atom. The van der Waals surface area contributed by atoms with Gasteiger partial charge in [-0.25, -0.2) is 0 Å². The fourth-order valence-corrected chi connectivity index (χ4v) is 0.240.